The van der Waals surface area contributed by atoms with Gasteiger partial charge in [-0.2, -0.15) is 0 Å². The molecule has 0 unspecified atom stereocenters. The summed E-state index contributed by atoms with van der Waals surface area (Å²) >= 11 is 6.22. The molecular weight excluding hydrogens is 406 g/mol. The van der Waals surface area contributed by atoms with Crippen molar-refractivity contribution in [2.75, 3.05) is 14.2 Å². The molecule has 10 heteroatoms. The number of nitrogens with two attached hydrogens (primary N) is 1. The van der Waals surface area contributed by atoms with Crippen LogP contribution in [0.15, 0.2) is 53.7 Å². The molecule has 0 fully saturated rings. The molecule has 0 saturated heterocycles. The van der Waals surface area contributed by atoms with E-state index >= 15 is 0 Å². The van der Waals surface area contributed by atoms with Gasteiger partial charge in [0, 0.05) is 11.6 Å². The molecule has 28 heavy (non-hydrogen) atoms. The van der Waals surface area contributed by atoms with E-state index in [9.17, 15) is 8.42 Å². The van der Waals surface area contributed by atoms with Crippen LogP contribution in [0.2, 0.25) is 5.15 Å². The number of hydrogen-bond acceptors (Lipinski definition) is 7. The van der Waals surface area contributed by atoms with Crippen molar-refractivity contribution in [3.05, 3.63) is 53.9 Å². The van der Waals surface area contributed by atoms with Gasteiger partial charge in [-0.1, -0.05) is 29.8 Å². The van der Waals surface area contributed by atoms with E-state index in [1.54, 1.807) is 36.4 Å². The van der Waals surface area contributed by atoms with E-state index in [1.807, 2.05) is 0 Å². The third-order valence-electron chi connectivity index (χ3n) is 3.78. The van der Waals surface area contributed by atoms with Crippen LogP contribution in [0.25, 0.3) is 11.3 Å². The summed E-state index contributed by atoms with van der Waals surface area (Å²) in [6.45, 7) is 0. The molecule has 146 valence electrons. The fourth-order valence-electron chi connectivity index (χ4n) is 2.54. The Morgan fingerprint density at radius 3 is 2.39 bits per heavy atom. The number of sulfonamides is 1. The fourth-order valence-corrected chi connectivity index (χ4v) is 3.45. The Morgan fingerprint density at radius 2 is 1.71 bits per heavy atom. The van der Waals surface area contributed by atoms with Gasteiger partial charge in [-0.25, -0.2) is 23.5 Å². The van der Waals surface area contributed by atoms with Crippen LogP contribution < -0.4 is 19.3 Å². The molecule has 8 nitrogen and oxygen atoms in total. The lowest BCUT2D eigenvalue weighted by molar-refractivity contribution is 0.352. The van der Waals surface area contributed by atoms with E-state index in [0.29, 0.717) is 17.2 Å². The summed E-state index contributed by atoms with van der Waals surface area (Å²) in [5.41, 5.74) is 0.421. The zero-order valence-electron chi connectivity index (χ0n) is 14.9. The van der Waals surface area contributed by atoms with E-state index in [0.717, 1.165) is 0 Å². The Morgan fingerprint density at radius 1 is 1.00 bits per heavy atom. The maximum atomic E-state index is 12.0. The molecule has 0 aliphatic heterocycles. The first-order valence-electron chi connectivity index (χ1n) is 7.87. The van der Waals surface area contributed by atoms with Crippen LogP contribution in [0.4, 0.5) is 0 Å². The van der Waals surface area contributed by atoms with Gasteiger partial charge in [0.2, 0.25) is 10.0 Å². The molecular formula is C18H16ClN3O5S. The van der Waals surface area contributed by atoms with Crippen molar-refractivity contribution < 1.29 is 22.6 Å². The number of primary sulfonamides is 1. The number of methoxy groups -OCH3 is 2. The van der Waals surface area contributed by atoms with E-state index in [4.69, 9.17) is 31.0 Å². The van der Waals surface area contributed by atoms with Gasteiger partial charge < -0.3 is 14.2 Å². The van der Waals surface area contributed by atoms with Gasteiger partial charge in [0.25, 0.3) is 0 Å². The molecule has 1 heterocycles. The third-order valence-corrected chi connectivity index (χ3v) is 5.02. The minimum Gasteiger partial charge on any atom is -0.493 e. The highest BCUT2D eigenvalue weighted by molar-refractivity contribution is 7.89. The zero-order chi connectivity index (χ0) is 20.3. The summed E-state index contributed by atoms with van der Waals surface area (Å²) in [7, 11) is -0.989. The predicted molar refractivity (Wildman–Crippen MR) is 103 cm³/mol. The Labute approximate surface area is 166 Å². The molecule has 0 amide bonds. The van der Waals surface area contributed by atoms with Crippen molar-refractivity contribution in [1.82, 2.24) is 9.97 Å². The summed E-state index contributed by atoms with van der Waals surface area (Å²) in [5.74, 6) is 1.40. The maximum absolute atomic E-state index is 12.0. The maximum Gasteiger partial charge on any atom is 0.238 e. The van der Waals surface area contributed by atoms with E-state index < -0.39 is 10.0 Å². The third kappa shape index (κ3) is 4.01. The van der Waals surface area contributed by atoms with E-state index in [2.05, 4.69) is 9.97 Å². The van der Waals surface area contributed by atoms with Gasteiger partial charge >= 0.3 is 0 Å². The molecule has 1 aromatic heterocycles. The molecule has 0 aliphatic carbocycles. The number of halogens is 1. The summed E-state index contributed by atoms with van der Waals surface area (Å²) in [6.07, 6.45) is 1.21. The minimum atomic E-state index is -4.00. The summed E-state index contributed by atoms with van der Waals surface area (Å²) in [4.78, 5) is 7.97. The van der Waals surface area contributed by atoms with Gasteiger partial charge in [0.05, 0.1) is 19.1 Å². The second-order valence-corrected chi connectivity index (χ2v) is 7.39. The summed E-state index contributed by atoms with van der Waals surface area (Å²) in [5, 5.41) is 5.33. The Bertz CT molecular complexity index is 1120. The topological polar surface area (TPSA) is 114 Å². The van der Waals surface area contributed by atoms with Crippen LogP contribution >= 0.6 is 11.6 Å². The molecule has 0 spiro atoms. The van der Waals surface area contributed by atoms with Crippen molar-refractivity contribution in [1.29, 1.82) is 0 Å². The number of ether oxygens (including phenoxy) is 3. The van der Waals surface area contributed by atoms with Crippen LogP contribution in [0.1, 0.15) is 0 Å². The number of hydrogen-bond donors (Lipinski definition) is 1. The average Bonchev–Trinajstić information content (AvgIpc) is 2.68. The smallest absolute Gasteiger partial charge is 0.238 e. The van der Waals surface area contributed by atoms with Gasteiger partial charge in [-0.3, -0.25) is 0 Å². The van der Waals surface area contributed by atoms with Crippen LogP contribution in [0.3, 0.4) is 0 Å². The van der Waals surface area contributed by atoms with Crippen molar-refractivity contribution in [2.45, 2.75) is 4.90 Å². The highest BCUT2D eigenvalue weighted by Gasteiger charge is 2.22. The van der Waals surface area contributed by atoms with E-state index in [1.165, 1.54) is 26.6 Å². The van der Waals surface area contributed by atoms with Gasteiger partial charge in [-0.15, -0.1) is 0 Å². The first-order chi connectivity index (χ1) is 13.3. The molecule has 3 rings (SSSR count). The molecule has 2 N–H and O–H groups in total. The Kier molecular flexibility index (Phi) is 5.68. The highest BCUT2D eigenvalue weighted by Crippen LogP contribution is 2.40. The normalized spacial score (nSPS) is 11.1. The summed E-state index contributed by atoms with van der Waals surface area (Å²) < 4.78 is 40.3. The SMILES string of the molecule is COc1ccc(Oc2c(Cl)ncnc2-c2ccccc2S(N)(=O)=O)cc1OC. The first kappa shape index (κ1) is 19.9. The van der Waals surface area contributed by atoms with Crippen molar-refractivity contribution >= 4 is 21.6 Å². The molecule has 0 atom stereocenters. The van der Waals surface area contributed by atoms with Gasteiger partial charge in [0.15, 0.2) is 22.4 Å². The standard InChI is InChI=1S/C18H16ClN3O5S/c1-25-13-8-7-11(9-14(13)26-2)27-17-16(21-10-22-18(17)19)12-5-3-4-6-15(12)28(20,23)24/h3-10H,1-2H3,(H2,20,23,24). The van der Waals surface area contributed by atoms with Crippen LogP contribution in [-0.2, 0) is 10.0 Å². The Hall–Kier alpha value is -2.88. The number of aromatic nitrogens is 2. The number of benzene rings is 2. The van der Waals surface area contributed by atoms with Gasteiger partial charge in [0.1, 0.15) is 17.8 Å². The second kappa shape index (κ2) is 8.01. The predicted octanol–water partition coefficient (Wildman–Crippen LogP) is 3.25. The van der Waals surface area contributed by atoms with Crippen LogP contribution in [0, 0.1) is 0 Å². The quantitative estimate of drug-likeness (QED) is 0.607. The van der Waals surface area contributed by atoms with Crippen LogP contribution in [0.5, 0.6) is 23.0 Å². The van der Waals surface area contributed by atoms with Crippen molar-refractivity contribution in [3.63, 3.8) is 0 Å². The fraction of sp³-hybridized carbons (Fsp3) is 0.111. The lowest BCUT2D eigenvalue weighted by Crippen LogP contribution is -2.13. The lowest BCUT2D eigenvalue weighted by atomic mass is 10.1. The lowest BCUT2D eigenvalue weighted by Gasteiger charge is -2.14. The molecule has 0 aliphatic rings. The van der Waals surface area contributed by atoms with Crippen LogP contribution in [-0.4, -0.2) is 32.6 Å². The monoisotopic (exact) mass is 421 g/mol. The zero-order valence-corrected chi connectivity index (χ0v) is 16.5. The molecule has 0 saturated carbocycles. The van der Waals surface area contributed by atoms with Crippen molar-refractivity contribution in [3.8, 4) is 34.3 Å². The van der Waals surface area contributed by atoms with Gasteiger partial charge in [-0.05, 0) is 18.2 Å². The molecule has 2 aromatic carbocycles. The second-order valence-electron chi connectivity index (χ2n) is 5.50. The Balaban J connectivity index is 2.13. The summed E-state index contributed by atoms with van der Waals surface area (Å²) in [6, 6.07) is 11.0. The molecule has 3 aromatic rings. The first-order valence-corrected chi connectivity index (χ1v) is 9.80. The molecule has 0 bridgehead atoms. The van der Waals surface area contributed by atoms with Crippen molar-refractivity contribution in [2.24, 2.45) is 5.14 Å². The number of rotatable bonds is 6. The van der Waals surface area contributed by atoms with E-state index in [-0.39, 0.29) is 27.1 Å². The number of nitrogens with zero attached hydrogens (tertiary/aromatic N) is 2. The average molecular weight is 422 g/mol. The molecule has 0 radical (unpaired) electrons. The minimum absolute atomic E-state index is 0.00371. The largest absolute Gasteiger partial charge is 0.493 e. The highest BCUT2D eigenvalue weighted by atomic mass is 35.5.